The van der Waals surface area contributed by atoms with Gasteiger partial charge in [-0.1, -0.05) is 43.5 Å². The number of aliphatic hydroxyl groups excluding tert-OH is 1. The number of hydrogen-bond donors (Lipinski definition) is 5. The molecule has 3 heterocycles. The van der Waals surface area contributed by atoms with E-state index in [1.165, 1.54) is 41.2 Å². The Morgan fingerprint density at radius 3 is 2.55 bits per heavy atom. The van der Waals surface area contributed by atoms with Gasteiger partial charge in [-0.3, -0.25) is 10.3 Å². The average Bonchev–Trinajstić information content (AvgIpc) is 3.73. The Labute approximate surface area is 339 Å². The molecule has 0 aromatic heterocycles. The standard InChI is InChI=1S/C48H53N3O7/c1-49-23-29-19-36-39(53)15-12-32-44(36)37(43(29)27-8-13-38-26(18-27)16-17-50-38)21-34-35-22-42(56-25-51-30-6-4-3-5-7-30)46(28-9-14-40(54)41(20-28)55-2)58-47(35)33-11-10-31(24-52)57-48(33)45(32)34/h8-9,12-16,18-20,30-31,37,42-43,46,49,51-54H,3-7,10-11,17,21-25H2,1-2H3. The van der Waals surface area contributed by atoms with Crippen LogP contribution in [-0.2, 0) is 24.0 Å². The van der Waals surface area contributed by atoms with Crippen LogP contribution in [0.2, 0.25) is 0 Å². The number of benzene rings is 4. The molecule has 3 aliphatic heterocycles. The number of aromatic hydroxyl groups is 2. The highest BCUT2D eigenvalue weighted by molar-refractivity contribution is 5.89. The number of aliphatic hydroxyl groups is 1. The smallest absolute Gasteiger partial charge is 0.160 e. The third-order valence-corrected chi connectivity index (χ3v) is 13.5. The SMILES string of the molecule is CNCC1=Cc2c(O)ccc3c2C(Cc2c4c(c5c(c2-3)OC(CO)CC5)OC(c2ccc(O)c(OC)c2)C(OCNC2CCCCC2)C4)C1c1ccc2c(c1)=CCN=2. The van der Waals surface area contributed by atoms with E-state index in [-0.39, 0.29) is 42.1 Å². The molecule has 5 N–H and O–H groups in total. The first-order chi connectivity index (χ1) is 28.4. The van der Waals surface area contributed by atoms with Gasteiger partial charge < -0.3 is 39.6 Å². The van der Waals surface area contributed by atoms with Gasteiger partial charge in [-0.15, -0.1) is 0 Å². The molecule has 302 valence electrons. The lowest BCUT2D eigenvalue weighted by atomic mass is 9.63. The summed E-state index contributed by atoms with van der Waals surface area (Å²) in [6, 6.07) is 16.4. The summed E-state index contributed by atoms with van der Waals surface area (Å²) in [5.41, 5.74) is 10.7. The number of methoxy groups -OCH3 is 1. The van der Waals surface area contributed by atoms with Crippen LogP contribution < -0.4 is 35.4 Å². The van der Waals surface area contributed by atoms with Crippen LogP contribution in [0.3, 0.4) is 0 Å². The molecule has 0 bridgehead atoms. The summed E-state index contributed by atoms with van der Waals surface area (Å²) in [4.78, 5) is 4.68. The molecule has 10 heteroatoms. The number of rotatable bonds is 10. The van der Waals surface area contributed by atoms with Crippen LogP contribution in [0.4, 0.5) is 0 Å². The highest BCUT2D eigenvalue weighted by Gasteiger charge is 2.45. The van der Waals surface area contributed by atoms with Crippen molar-refractivity contribution in [3.8, 4) is 39.9 Å². The summed E-state index contributed by atoms with van der Waals surface area (Å²) in [5.74, 6) is 2.38. The summed E-state index contributed by atoms with van der Waals surface area (Å²) in [6.45, 7) is 1.70. The average molecular weight is 784 g/mol. The maximum absolute atomic E-state index is 11.5. The van der Waals surface area contributed by atoms with Gasteiger partial charge in [0.25, 0.3) is 0 Å². The third-order valence-electron chi connectivity index (χ3n) is 13.5. The second-order valence-corrected chi connectivity index (χ2v) is 16.9. The molecule has 0 radical (unpaired) electrons. The highest BCUT2D eigenvalue weighted by atomic mass is 16.6. The molecule has 0 amide bonds. The Balaban J connectivity index is 1.14. The van der Waals surface area contributed by atoms with Gasteiger partial charge in [0, 0.05) is 47.2 Å². The van der Waals surface area contributed by atoms with Gasteiger partial charge in [0.2, 0.25) is 0 Å². The van der Waals surface area contributed by atoms with Crippen molar-refractivity contribution in [3.05, 3.63) is 104 Å². The zero-order valence-corrected chi connectivity index (χ0v) is 33.4. The summed E-state index contributed by atoms with van der Waals surface area (Å²) >= 11 is 0. The zero-order chi connectivity index (χ0) is 39.5. The fourth-order valence-electron chi connectivity index (χ4n) is 10.8. The molecule has 1 fully saturated rings. The molecule has 58 heavy (non-hydrogen) atoms. The summed E-state index contributed by atoms with van der Waals surface area (Å²) in [5, 5.41) is 41.9. The molecule has 0 spiro atoms. The van der Waals surface area contributed by atoms with E-state index in [2.05, 4.69) is 52.0 Å². The topological polar surface area (TPSA) is 134 Å². The first kappa shape index (κ1) is 37.4. The number of phenolic OH excluding ortho intramolecular Hbond substituents is 2. The van der Waals surface area contributed by atoms with Crippen molar-refractivity contribution in [3.63, 3.8) is 0 Å². The van der Waals surface area contributed by atoms with E-state index in [9.17, 15) is 15.3 Å². The van der Waals surface area contributed by atoms with E-state index in [0.29, 0.717) is 57.3 Å². The first-order valence-electron chi connectivity index (χ1n) is 21.2. The van der Waals surface area contributed by atoms with Crippen LogP contribution in [0.1, 0.15) is 95.4 Å². The summed E-state index contributed by atoms with van der Waals surface area (Å²) < 4.78 is 26.5. The van der Waals surface area contributed by atoms with Gasteiger partial charge >= 0.3 is 0 Å². The van der Waals surface area contributed by atoms with Crippen LogP contribution in [0.25, 0.3) is 23.3 Å². The van der Waals surface area contributed by atoms with Crippen LogP contribution in [0.5, 0.6) is 28.7 Å². The van der Waals surface area contributed by atoms with Gasteiger partial charge in [-0.05, 0) is 120 Å². The van der Waals surface area contributed by atoms with E-state index in [1.807, 2.05) is 25.2 Å². The number of hydrogen-bond acceptors (Lipinski definition) is 10. The third kappa shape index (κ3) is 6.36. The second kappa shape index (κ2) is 15.4. The van der Waals surface area contributed by atoms with E-state index < -0.39 is 6.10 Å². The molecule has 4 aromatic carbocycles. The fourth-order valence-corrected chi connectivity index (χ4v) is 10.8. The highest BCUT2D eigenvalue weighted by Crippen LogP contribution is 2.60. The van der Waals surface area contributed by atoms with Crippen molar-refractivity contribution in [2.24, 2.45) is 4.99 Å². The molecule has 3 aliphatic carbocycles. The maximum Gasteiger partial charge on any atom is 0.160 e. The first-order valence-corrected chi connectivity index (χ1v) is 21.2. The maximum atomic E-state index is 11.5. The second-order valence-electron chi connectivity index (χ2n) is 16.9. The fraction of sp³-hybridized carbons (Fsp3) is 0.438. The molecule has 4 aromatic rings. The van der Waals surface area contributed by atoms with Crippen LogP contribution in [-0.4, -0.2) is 74.2 Å². The molecule has 10 rings (SSSR count). The number of nitrogens with zero attached hydrogens (tertiary/aromatic N) is 1. The van der Waals surface area contributed by atoms with Crippen molar-refractivity contribution in [2.45, 2.75) is 94.0 Å². The minimum Gasteiger partial charge on any atom is -0.507 e. The van der Waals surface area contributed by atoms with Crippen LogP contribution in [0, 0.1) is 0 Å². The van der Waals surface area contributed by atoms with E-state index in [0.717, 1.165) is 68.6 Å². The van der Waals surface area contributed by atoms with Crippen molar-refractivity contribution in [1.29, 1.82) is 0 Å². The Kier molecular flexibility index (Phi) is 9.92. The van der Waals surface area contributed by atoms with E-state index >= 15 is 0 Å². The lowest BCUT2D eigenvalue weighted by Gasteiger charge is -2.44. The van der Waals surface area contributed by atoms with E-state index in [1.54, 1.807) is 13.2 Å². The lowest BCUT2D eigenvalue weighted by Crippen LogP contribution is -2.40. The minimum atomic E-state index is -0.479. The van der Waals surface area contributed by atoms with E-state index in [4.69, 9.17) is 18.9 Å². The number of fused-ring (bicyclic) bond motifs is 8. The lowest BCUT2D eigenvalue weighted by molar-refractivity contribution is -0.0486. The number of ether oxygens (including phenoxy) is 4. The van der Waals surface area contributed by atoms with Gasteiger partial charge in [0.05, 0.1) is 32.3 Å². The molecule has 6 aliphatic rings. The largest absolute Gasteiger partial charge is 0.507 e. The molecular weight excluding hydrogens is 731 g/mol. The van der Waals surface area contributed by atoms with Gasteiger partial charge in [0.1, 0.15) is 29.5 Å². The van der Waals surface area contributed by atoms with Crippen molar-refractivity contribution in [2.75, 3.05) is 40.6 Å². The quantitative estimate of drug-likeness (QED) is 0.126. The zero-order valence-electron chi connectivity index (χ0n) is 33.4. The Hall–Kier alpha value is -4.87. The predicted octanol–water partition coefficient (Wildman–Crippen LogP) is 5.85. The molecular formula is C48H53N3O7. The molecule has 5 unspecified atom stereocenters. The predicted molar refractivity (Wildman–Crippen MR) is 222 cm³/mol. The van der Waals surface area contributed by atoms with Crippen molar-refractivity contribution < 1.29 is 34.3 Å². The number of likely N-dealkylation sites (N-methyl/N-ethyl adjacent to an activating group) is 1. The van der Waals surface area contributed by atoms with Crippen molar-refractivity contribution in [1.82, 2.24) is 10.6 Å². The van der Waals surface area contributed by atoms with Gasteiger partial charge in [-0.2, -0.15) is 0 Å². The molecule has 10 nitrogen and oxygen atoms in total. The minimum absolute atomic E-state index is 0.0140. The monoisotopic (exact) mass is 783 g/mol. The Bertz CT molecular complexity index is 2420. The van der Waals surface area contributed by atoms with Crippen LogP contribution in [0.15, 0.2) is 59.1 Å². The molecule has 5 atom stereocenters. The normalized spacial score (nSPS) is 24.1. The Morgan fingerprint density at radius 1 is 0.879 bits per heavy atom. The Morgan fingerprint density at radius 2 is 1.72 bits per heavy atom. The number of phenols is 2. The summed E-state index contributed by atoms with van der Waals surface area (Å²) in [7, 11) is 3.54. The van der Waals surface area contributed by atoms with Crippen LogP contribution >= 0.6 is 0 Å². The van der Waals surface area contributed by atoms with Gasteiger partial charge in [-0.25, -0.2) is 0 Å². The van der Waals surface area contributed by atoms with Gasteiger partial charge in [0.15, 0.2) is 17.6 Å². The number of nitrogens with one attached hydrogen (secondary N) is 2. The molecule has 0 saturated heterocycles. The molecule has 1 saturated carbocycles. The summed E-state index contributed by atoms with van der Waals surface area (Å²) in [6.07, 6.45) is 12.0. The van der Waals surface area contributed by atoms with Crippen molar-refractivity contribution >= 4 is 12.2 Å².